The number of benzene rings is 2. The first-order chi connectivity index (χ1) is 13.4. The van der Waals surface area contributed by atoms with E-state index in [1.165, 1.54) is 21.3 Å². The van der Waals surface area contributed by atoms with Crippen molar-refractivity contribution in [3.63, 3.8) is 0 Å². The molecule has 2 aromatic rings. The Balaban J connectivity index is 1.44. The van der Waals surface area contributed by atoms with Gasteiger partial charge in [-0.2, -0.15) is 4.31 Å². The van der Waals surface area contributed by atoms with Gasteiger partial charge in [0.25, 0.3) is 5.78 Å². The van der Waals surface area contributed by atoms with E-state index in [0.717, 1.165) is 11.0 Å². The van der Waals surface area contributed by atoms with Gasteiger partial charge in [-0.3, -0.25) is 14.5 Å². The third kappa shape index (κ3) is 3.21. The first-order valence-corrected chi connectivity index (χ1v) is 10.4. The summed E-state index contributed by atoms with van der Waals surface area (Å²) in [5.41, 5.74) is 0.484. The first kappa shape index (κ1) is 18.7. The van der Waals surface area contributed by atoms with E-state index in [1.807, 2.05) is 0 Å². The van der Waals surface area contributed by atoms with Gasteiger partial charge in [0.1, 0.15) is 5.82 Å². The Morgan fingerprint density at radius 3 is 2.36 bits per heavy atom. The number of hydrogen-bond acceptors (Lipinski definition) is 4. The fraction of sp³-hybridized carbons (Fsp3) is 0.263. The molecule has 7 nitrogen and oxygen atoms in total. The van der Waals surface area contributed by atoms with Crippen molar-refractivity contribution < 1.29 is 27.3 Å². The molecule has 0 atom stereocenters. The lowest BCUT2D eigenvalue weighted by Gasteiger charge is -2.33. The van der Waals surface area contributed by atoms with E-state index in [0.29, 0.717) is 31.9 Å². The number of anilines is 1. The van der Waals surface area contributed by atoms with E-state index in [1.54, 1.807) is 30.3 Å². The minimum atomic E-state index is -3.54. The van der Waals surface area contributed by atoms with Crippen LogP contribution in [0.5, 0.6) is 0 Å². The van der Waals surface area contributed by atoms with Crippen molar-refractivity contribution in [2.75, 3.05) is 37.7 Å². The molecule has 0 unspecified atom stereocenters. The van der Waals surface area contributed by atoms with Gasteiger partial charge >= 0.3 is 5.91 Å². The van der Waals surface area contributed by atoms with E-state index >= 15 is 0 Å². The zero-order valence-corrected chi connectivity index (χ0v) is 15.8. The van der Waals surface area contributed by atoms with Gasteiger partial charge in [-0.15, -0.1) is 0 Å². The maximum atomic E-state index is 13.4. The van der Waals surface area contributed by atoms with Crippen molar-refractivity contribution in [2.24, 2.45) is 0 Å². The molecule has 2 aliphatic heterocycles. The van der Waals surface area contributed by atoms with Crippen molar-refractivity contribution in [3.05, 3.63) is 59.9 Å². The highest BCUT2D eigenvalue weighted by Crippen LogP contribution is 2.28. The number of nitrogens with one attached hydrogen (secondary N) is 1. The maximum absolute atomic E-state index is 13.4. The Morgan fingerprint density at radius 2 is 1.68 bits per heavy atom. The van der Waals surface area contributed by atoms with Crippen molar-refractivity contribution in [1.82, 2.24) is 4.31 Å². The second-order valence-corrected chi connectivity index (χ2v) is 8.79. The fourth-order valence-corrected chi connectivity index (χ4v) is 5.06. The van der Waals surface area contributed by atoms with Crippen LogP contribution in [0, 0.1) is 5.82 Å². The Kier molecular flexibility index (Phi) is 4.74. The number of sulfonamides is 1. The Morgan fingerprint density at radius 1 is 1.00 bits per heavy atom. The molecule has 146 valence electrons. The van der Waals surface area contributed by atoms with Crippen LogP contribution in [0.4, 0.5) is 10.1 Å². The summed E-state index contributed by atoms with van der Waals surface area (Å²) in [6, 6.07) is 12.0. The minimum absolute atomic E-state index is 0.0784. The molecule has 1 N–H and O–H groups in total. The van der Waals surface area contributed by atoms with Crippen LogP contribution in [-0.4, -0.2) is 57.3 Å². The Hall–Kier alpha value is -2.62. The van der Waals surface area contributed by atoms with Crippen molar-refractivity contribution in [1.29, 1.82) is 0 Å². The van der Waals surface area contributed by atoms with Crippen LogP contribution in [-0.2, 0) is 14.8 Å². The number of nitrogens with zero attached hydrogens (tertiary/aromatic N) is 2. The number of carbonyl (C=O) groups is 2. The molecule has 0 radical (unpaired) electrons. The average molecular weight is 404 g/mol. The molecule has 0 spiro atoms. The highest BCUT2D eigenvalue weighted by atomic mass is 32.2. The van der Waals surface area contributed by atoms with Crippen molar-refractivity contribution in [2.45, 2.75) is 4.90 Å². The molecule has 4 rings (SSSR count). The summed E-state index contributed by atoms with van der Waals surface area (Å²) in [7, 11) is -3.54. The highest BCUT2D eigenvalue weighted by molar-refractivity contribution is 7.89. The molecule has 9 heteroatoms. The summed E-state index contributed by atoms with van der Waals surface area (Å²) in [5.74, 6) is -1.94. The Bertz CT molecular complexity index is 1030. The molecule has 2 heterocycles. The van der Waals surface area contributed by atoms with Gasteiger partial charge in [0, 0.05) is 0 Å². The summed E-state index contributed by atoms with van der Waals surface area (Å²) >= 11 is 0. The standard InChI is InChI=1S/C19H18FN3O4S/c20-14-6-7-17-16(12-14)18(24)19(25)23(17)13-21-8-10-22(11-9-21)28(26,27)15-4-2-1-3-5-15/h1-7,12H,8-11,13H2/p+1. The van der Waals surface area contributed by atoms with E-state index in [2.05, 4.69) is 0 Å². The molecule has 1 fully saturated rings. The average Bonchev–Trinajstić information content (AvgIpc) is 2.93. The van der Waals surface area contributed by atoms with Gasteiger partial charge in [0.15, 0.2) is 6.67 Å². The van der Waals surface area contributed by atoms with Crippen LogP contribution in [0.2, 0.25) is 0 Å². The molecule has 28 heavy (non-hydrogen) atoms. The van der Waals surface area contributed by atoms with Gasteiger partial charge in [-0.1, -0.05) is 18.2 Å². The van der Waals surface area contributed by atoms with E-state index in [4.69, 9.17) is 0 Å². The van der Waals surface area contributed by atoms with Crippen LogP contribution >= 0.6 is 0 Å². The number of hydrogen-bond donors (Lipinski definition) is 1. The second kappa shape index (κ2) is 7.08. The smallest absolute Gasteiger partial charge is 0.303 e. The number of Topliss-reactive ketones (excluding diaryl/α,β-unsaturated/α-hetero) is 1. The van der Waals surface area contributed by atoms with Gasteiger partial charge in [-0.25, -0.2) is 12.8 Å². The molecule has 0 bridgehead atoms. The summed E-state index contributed by atoms with van der Waals surface area (Å²) < 4.78 is 40.2. The predicted octanol–water partition coefficient (Wildman–Crippen LogP) is -0.0981. The topological polar surface area (TPSA) is 79.2 Å². The number of quaternary nitrogens is 1. The van der Waals surface area contributed by atoms with Crippen LogP contribution in [0.25, 0.3) is 0 Å². The number of rotatable bonds is 4. The lowest BCUT2D eigenvalue weighted by Crippen LogP contribution is -3.16. The molecule has 1 saturated heterocycles. The van der Waals surface area contributed by atoms with Crippen molar-refractivity contribution >= 4 is 27.4 Å². The quantitative estimate of drug-likeness (QED) is 0.722. The molecule has 0 aromatic heterocycles. The number of fused-ring (bicyclic) bond motifs is 1. The van der Waals surface area contributed by atoms with Gasteiger partial charge in [0.05, 0.1) is 42.3 Å². The fourth-order valence-electron chi connectivity index (χ4n) is 3.60. The number of carbonyl (C=O) groups excluding carboxylic acids is 2. The lowest BCUT2D eigenvalue weighted by atomic mass is 10.1. The van der Waals surface area contributed by atoms with E-state index < -0.39 is 27.5 Å². The normalized spacial score (nSPS) is 18.5. The molecular weight excluding hydrogens is 385 g/mol. The lowest BCUT2D eigenvalue weighted by molar-refractivity contribution is -0.902. The molecule has 2 aliphatic rings. The predicted molar refractivity (Wildman–Crippen MR) is 99.0 cm³/mol. The van der Waals surface area contributed by atoms with Gasteiger partial charge < -0.3 is 4.90 Å². The zero-order valence-electron chi connectivity index (χ0n) is 15.0. The number of halogens is 1. The SMILES string of the molecule is O=C1C(=O)N(C[NH+]2CCN(S(=O)(=O)c3ccccc3)CC2)c2ccc(F)cc21. The van der Waals surface area contributed by atoms with Crippen LogP contribution in [0.15, 0.2) is 53.4 Å². The second-order valence-electron chi connectivity index (χ2n) is 6.85. The van der Waals surface area contributed by atoms with Crippen LogP contribution in [0.1, 0.15) is 10.4 Å². The maximum Gasteiger partial charge on any atom is 0.303 e. The summed E-state index contributed by atoms with van der Waals surface area (Å²) in [6.45, 7) is 1.88. The molecule has 1 amide bonds. The third-order valence-corrected chi connectivity index (χ3v) is 7.04. The third-order valence-electron chi connectivity index (χ3n) is 5.13. The number of ketones is 1. The summed E-state index contributed by atoms with van der Waals surface area (Å²) in [4.78, 5) is 27.0. The largest absolute Gasteiger partial charge is 0.315 e. The zero-order chi connectivity index (χ0) is 19.9. The van der Waals surface area contributed by atoms with Gasteiger partial charge in [0.2, 0.25) is 10.0 Å². The highest BCUT2D eigenvalue weighted by Gasteiger charge is 2.39. The molecule has 0 aliphatic carbocycles. The monoisotopic (exact) mass is 404 g/mol. The van der Waals surface area contributed by atoms with Crippen molar-refractivity contribution in [3.8, 4) is 0 Å². The molecule has 0 saturated carbocycles. The van der Waals surface area contributed by atoms with E-state index in [-0.39, 0.29) is 17.1 Å². The van der Waals surface area contributed by atoms with Crippen LogP contribution < -0.4 is 9.80 Å². The summed E-state index contributed by atoms with van der Waals surface area (Å²) in [6.07, 6.45) is 0. The number of piperazine rings is 1. The first-order valence-electron chi connectivity index (χ1n) is 8.92. The molecule has 2 aromatic carbocycles. The Labute approximate surface area is 162 Å². The summed E-state index contributed by atoms with van der Waals surface area (Å²) in [5, 5.41) is 0. The van der Waals surface area contributed by atoms with Crippen LogP contribution in [0.3, 0.4) is 0 Å². The van der Waals surface area contributed by atoms with E-state index in [9.17, 15) is 22.4 Å². The molecular formula is C19H19FN3O4S+. The minimum Gasteiger partial charge on any atom is -0.315 e. The number of amides is 1. The van der Waals surface area contributed by atoms with Gasteiger partial charge in [-0.05, 0) is 30.3 Å².